The number of pyridine rings is 1. The summed E-state index contributed by atoms with van der Waals surface area (Å²) in [4.78, 5) is 9.93. The molecule has 0 radical (unpaired) electrons. The molecule has 0 saturated heterocycles. The van der Waals surface area contributed by atoms with Gasteiger partial charge < -0.3 is 5.32 Å². The van der Waals surface area contributed by atoms with Crippen LogP contribution in [0.5, 0.6) is 0 Å². The molecule has 0 spiro atoms. The van der Waals surface area contributed by atoms with Crippen LogP contribution in [0.15, 0.2) is 24.3 Å². The molecule has 0 unspecified atom stereocenters. The number of nitrogens with one attached hydrogen (secondary N) is 2. The average Bonchev–Trinajstić information content (AvgIpc) is 3.26. The van der Waals surface area contributed by atoms with Crippen LogP contribution in [-0.4, -0.2) is 32.4 Å². The van der Waals surface area contributed by atoms with E-state index in [0.29, 0.717) is 17.9 Å². The van der Waals surface area contributed by atoms with Crippen LogP contribution in [0.1, 0.15) is 10.7 Å². The lowest BCUT2D eigenvalue weighted by Gasteiger charge is -2.06. The Bertz CT molecular complexity index is 1100. The Morgan fingerprint density at radius 3 is 2.69 bits per heavy atom. The van der Waals surface area contributed by atoms with E-state index in [4.69, 9.17) is 0 Å². The maximum Gasteiger partial charge on any atom is 0.162 e. The van der Waals surface area contributed by atoms with Gasteiger partial charge in [0.2, 0.25) is 0 Å². The molecule has 26 heavy (non-hydrogen) atoms. The lowest BCUT2D eigenvalue weighted by Crippen LogP contribution is -2.04. The maximum absolute atomic E-state index is 14.7. The van der Waals surface area contributed by atoms with Gasteiger partial charge in [0.25, 0.3) is 0 Å². The van der Waals surface area contributed by atoms with Gasteiger partial charge in [0.05, 0.1) is 22.0 Å². The summed E-state index contributed by atoms with van der Waals surface area (Å²) in [7, 11) is 1.85. The molecule has 4 rings (SSSR count). The van der Waals surface area contributed by atoms with Crippen molar-refractivity contribution in [3.63, 3.8) is 0 Å². The first kappa shape index (κ1) is 16.7. The van der Waals surface area contributed by atoms with E-state index in [-0.39, 0.29) is 16.6 Å². The van der Waals surface area contributed by atoms with Crippen LogP contribution >= 0.6 is 11.3 Å². The molecule has 4 aromatic rings. The highest BCUT2D eigenvalue weighted by Gasteiger charge is 2.19. The second-order valence-electron chi connectivity index (χ2n) is 5.70. The minimum absolute atomic E-state index is 0.0448. The van der Waals surface area contributed by atoms with Crippen molar-refractivity contribution in [1.29, 1.82) is 0 Å². The monoisotopic (exact) mass is 372 g/mol. The highest BCUT2D eigenvalue weighted by molar-refractivity contribution is 7.15. The summed E-state index contributed by atoms with van der Waals surface area (Å²) in [5.41, 5.74) is 1.62. The van der Waals surface area contributed by atoms with Crippen molar-refractivity contribution in [2.45, 2.75) is 13.5 Å². The number of rotatable bonds is 4. The molecule has 9 heteroatoms. The Labute approximate surface area is 151 Å². The highest BCUT2D eigenvalue weighted by Crippen LogP contribution is 2.32. The number of benzene rings is 1. The molecule has 3 heterocycles. The third-order valence-corrected chi connectivity index (χ3v) is 5.10. The number of hydrogen-bond acceptors (Lipinski definition) is 6. The minimum atomic E-state index is -0.656. The molecule has 6 nitrogen and oxygen atoms in total. The molecule has 0 saturated carbocycles. The number of hydrogen-bond donors (Lipinski definition) is 2. The largest absolute Gasteiger partial charge is 0.314 e. The van der Waals surface area contributed by atoms with Gasteiger partial charge >= 0.3 is 0 Å². The Morgan fingerprint density at radius 1 is 1.12 bits per heavy atom. The quantitative estimate of drug-likeness (QED) is 0.574. The third-order valence-electron chi connectivity index (χ3n) is 3.92. The molecule has 0 amide bonds. The molecule has 132 valence electrons. The van der Waals surface area contributed by atoms with Gasteiger partial charge in [-0.15, -0.1) is 11.3 Å². The van der Waals surface area contributed by atoms with Gasteiger partial charge in [0, 0.05) is 12.1 Å². The van der Waals surface area contributed by atoms with Crippen molar-refractivity contribution >= 4 is 22.4 Å². The first-order chi connectivity index (χ1) is 12.6. The number of halogens is 2. The fourth-order valence-corrected chi connectivity index (χ4v) is 3.80. The molecule has 0 aliphatic rings. The van der Waals surface area contributed by atoms with E-state index in [1.165, 1.54) is 11.3 Å². The number of aromatic amines is 1. The van der Waals surface area contributed by atoms with E-state index in [9.17, 15) is 8.78 Å². The van der Waals surface area contributed by atoms with Crippen LogP contribution in [-0.2, 0) is 6.54 Å². The van der Waals surface area contributed by atoms with Crippen LogP contribution in [0.25, 0.3) is 32.9 Å². The molecule has 0 aliphatic heterocycles. The predicted molar refractivity (Wildman–Crippen MR) is 95.6 cm³/mol. The van der Waals surface area contributed by atoms with Gasteiger partial charge in [-0.1, -0.05) is 6.07 Å². The van der Waals surface area contributed by atoms with Crippen LogP contribution in [0.4, 0.5) is 8.78 Å². The number of fused-ring (bicyclic) bond motifs is 1. The molecule has 0 fully saturated rings. The standard InChI is InChI=1S/C17H14F2N6S/c1-8-17(26-13(21-8)7-20-2)12-5-3-4-11(22-12)9-6-10(18)15-16(14(9)19)24-25-23-15/h3-6,20H,7H2,1-2H3,(H,23,24,25). The van der Waals surface area contributed by atoms with Gasteiger partial charge in [-0.05, 0) is 32.2 Å². The zero-order chi connectivity index (χ0) is 18.3. The number of aryl methyl sites for hydroxylation is 1. The second kappa shape index (κ2) is 6.50. The molecule has 3 aromatic heterocycles. The van der Waals surface area contributed by atoms with Crippen LogP contribution in [0.3, 0.4) is 0 Å². The first-order valence-corrected chi connectivity index (χ1v) is 8.67. The Kier molecular flexibility index (Phi) is 4.17. The van der Waals surface area contributed by atoms with Crippen molar-refractivity contribution in [3.8, 4) is 21.8 Å². The molecule has 1 aromatic carbocycles. The summed E-state index contributed by atoms with van der Waals surface area (Å²) in [6.45, 7) is 2.56. The van der Waals surface area contributed by atoms with Crippen molar-refractivity contribution in [2.24, 2.45) is 0 Å². The minimum Gasteiger partial charge on any atom is -0.314 e. The topological polar surface area (TPSA) is 79.4 Å². The Morgan fingerprint density at radius 2 is 1.88 bits per heavy atom. The fraction of sp³-hybridized carbons (Fsp3) is 0.176. The molecular formula is C17H14F2N6S. The SMILES string of the molecule is CNCc1nc(C)c(-c2cccc(-c3cc(F)c4n[nH]nc4c3F)n2)s1. The average molecular weight is 372 g/mol. The van der Waals surface area contributed by atoms with Crippen molar-refractivity contribution in [3.05, 3.63) is 46.6 Å². The predicted octanol–water partition coefficient (Wildman–Crippen LogP) is 3.45. The summed E-state index contributed by atoms with van der Waals surface area (Å²) in [5, 5.41) is 13.6. The molecule has 0 bridgehead atoms. The van der Waals surface area contributed by atoms with Crippen LogP contribution in [0, 0.1) is 18.6 Å². The van der Waals surface area contributed by atoms with E-state index in [1.54, 1.807) is 12.1 Å². The zero-order valence-electron chi connectivity index (χ0n) is 14.0. The van der Waals surface area contributed by atoms with Crippen LogP contribution in [0.2, 0.25) is 0 Å². The normalized spacial score (nSPS) is 11.4. The summed E-state index contributed by atoms with van der Waals surface area (Å²) in [5.74, 6) is -1.31. The number of aromatic nitrogens is 5. The van der Waals surface area contributed by atoms with Gasteiger partial charge in [-0.2, -0.15) is 15.4 Å². The van der Waals surface area contributed by atoms with E-state index < -0.39 is 11.6 Å². The Balaban J connectivity index is 1.83. The van der Waals surface area contributed by atoms with Crippen molar-refractivity contribution in [2.75, 3.05) is 7.05 Å². The fourth-order valence-electron chi connectivity index (χ4n) is 2.75. The zero-order valence-corrected chi connectivity index (χ0v) is 14.8. The summed E-state index contributed by atoms with van der Waals surface area (Å²) >= 11 is 1.52. The number of thiazole rings is 1. The van der Waals surface area contributed by atoms with Gasteiger partial charge in [0.1, 0.15) is 5.01 Å². The van der Waals surface area contributed by atoms with Gasteiger partial charge in [-0.3, -0.25) is 0 Å². The Hall–Kier alpha value is -2.78. The molecule has 0 aliphatic carbocycles. The highest BCUT2D eigenvalue weighted by atomic mass is 32.1. The smallest absolute Gasteiger partial charge is 0.162 e. The number of nitrogens with zero attached hydrogens (tertiary/aromatic N) is 4. The molecular weight excluding hydrogens is 358 g/mol. The third kappa shape index (κ3) is 2.74. The maximum atomic E-state index is 14.7. The second-order valence-corrected chi connectivity index (χ2v) is 6.78. The lowest BCUT2D eigenvalue weighted by molar-refractivity contribution is 0.617. The summed E-state index contributed by atoms with van der Waals surface area (Å²) in [6.07, 6.45) is 0. The first-order valence-electron chi connectivity index (χ1n) is 7.85. The molecule has 2 N–H and O–H groups in total. The summed E-state index contributed by atoms with van der Waals surface area (Å²) < 4.78 is 28.9. The van der Waals surface area contributed by atoms with Crippen molar-refractivity contribution in [1.82, 2.24) is 30.7 Å². The van der Waals surface area contributed by atoms with E-state index in [0.717, 1.165) is 21.6 Å². The van der Waals surface area contributed by atoms with E-state index in [2.05, 4.69) is 30.7 Å². The van der Waals surface area contributed by atoms with E-state index >= 15 is 0 Å². The van der Waals surface area contributed by atoms with Crippen molar-refractivity contribution < 1.29 is 8.78 Å². The van der Waals surface area contributed by atoms with Crippen LogP contribution < -0.4 is 5.32 Å². The van der Waals surface area contributed by atoms with Gasteiger partial charge in [-0.25, -0.2) is 18.7 Å². The summed E-state index contributed by atoms with van der Waals surface area (Å²) in [6, 6.07) is 6.32. The van der Waals surface area contributed by atoms with Gasteiger partial charge in [0.15, 0.2) is 22.7 Å². The number of H-pyrrole nitrogens is 1. The van der Waals surface area contributed by atoms with E-state index in [1.807, 2.05) is 20.0 Å². The molecule has 0 atom stereocenters. The lowest BCUT2D eigenvalue weighted by atomic mass is 10.1.